The Morgan fingerprint density at radius 2 is 2.36 bits per heavy atom. The monoisotopic (exact) mass is 329 g/mol. The molecule has 0 aromatic carbocycles. The van der Waals surface area contributed by atoms with Crippen LogP contribution in [0.1, 0.15) is 0 Å². The lowest BCUT2D eigenvalue weighted by atomic mass is 10.4. The summed E-state index contributed by atoms with van der Waals surface area (Å²) in [6.45, 7) is 0. The second-order valence-electron chi connectivity index (χ2n) is 1.79. The van der Waals surface area contributed by atoms with Gasteiger partial charge >= 0.3 is 0 Å². The quantitative estimate of drug-likeness (QED) is 0.634. The highest BCUT2D eigenvalue weighted by molar-refractivity contribution is 14.1. The van der Waals surface area contributed by atoms with Crippen LogP contribution in [0.2, 0.25) is 0 Å². The number of aromatic hydroxyl groups is 1. The maximum absolute atomic E-state index is 9.19. The predicted octanol–water partition coefficient (Wildman–Crippen LogP) is 2.16. The van der Waals surface area contributed by atoms with E-state index in [9.17, 15) is 5.11 Å². The van der Waals surface area contributed by atoms with Gasteiger partial charge in [0.2, 0.25) is 0 Å². The number of methoxy groups -OCH3 is 1. The normalized spacial score (nSPS) is 9.73. The Morgan fingerprint density at radius 3 is 2.91 bits per heavy atom. The molecule has 1 aromatic heterocycles. The first-order valence-electron chi connectivity index (χ1n) is 2.74. The largest absolute Gasteiger partial charge is 0.503 e. The van der Waals surface area contributed by atoms with E-state index in [0.717, 1.165) is 8.17 Å². The minimum atomic E-state index is 0.0415. The zero-order valence-electron chi connectivity index (χ0n) is 5.64. The molecule has 0 aliphatic carbocycles. The summed E-state index contributed by atoms with van der Waals surface area (Å²) >= 11 is 5.26. The summed E-state index contributed by atoms with van der Waals surface area (Å²) < 4.78 is 6.32. The first kappa shape index (κ1) is 9.05. The van der Waals surface area contributed by atoms with Gasteiger partial charge in [-0.2, -0.15) is 0 Å². The Hall–Kier alpha value is -0.0400. The standard InChI is InChI=1S/C6H5BrINO2/c1-11-6-4(10)2-3(7)5(8)9-6/h2,10H,1H3. The fourth-order valence-corrected chi connectivity index (χ4v) is 1.27. The Balaban J connectivity index is 3.21. The summed E-state index contributed by atoms with van der Waals surface area (Å²) in [7, 11) is 1.46. The van der Waals surface area contributed by atoms with Crippen molar-refractivity contribution >= 4 is 38.5 Å². The average Bonchev–Trinajstić information content (AvgIpc) is 1.97. The summed E-state index contributed by atoms with van der Waals surface area (Å²) in [5.74, 6) is 0.289. The van der Waals surface area contributed by atoms with Crippen LogP contribution < -0.4 is 4.74 Å². The number of aromatic nitrogens is 1. The van der Waals surface area contributed by atoms with Crippen LogP contribution in [0, 0.1) is 3.70 Å². The number of ether oxygens (including phenoxy) is 1. The van der Waals surface area contributed by atoms with E-state index in [0.29, 0.717) is 0 Å². The maximum Gasteiger partial charge on any atom is 0.257 e. The first-order chi connectivity index (χ1) is 5.15. The summed E-state index contributed by atoms with van der Waals surface area (Å²) in [4.78, 5) is 3.96. The van der Waals surface area contributed by atoms with Gasteiger partial charge < -0.3 is 9.84 Å². The molecular weight excluding hydrogens is 325 g/mol. The Kier molecular flexibility index (Phi) is 2.94. The van der Waals surface area contributed by atoms with Crippen LogP contribution in [0.25, 0.3) is 0 Å². The SMILES string of the molecule is COc1nc(I)c(Br)cc1O. The van der Waals surface area contributed by atoms with Crippen molar-refractivity contribution < 1.29 is 9.84 Å². The lowest BCUT2D eigenvalue weighted by Gasteiger charge is -2.02. The van der Waals surface area contributed by atoms with Crippen molar-refractivity contribution in [3.8, 4) is 11.6 Å². The van der Waals surface area contributed by atoms with E-state index in [1.54, 1.807) is 6.07 Å². The molecule has 1 heterocycles. The highest BCUT2D eigenvalue weighted by atomic mass is 127. The van der Waals surface area contributed by atoms with Crippen molar-refractivity contribution in [2.24, 2.45) is 0 Å². The molecule has 3 nitrogen and oxygen atoms in total. The van der Waals surface area contributed by atoms with Crippen molar-refractivity contribution in [3.05, 3.63) is 14.2 Å². The lowest BCUT2D eigenvalue weighted by Crippen LogP contribution is -1.90. The van der Waals surface area contributed by atoms with Gasteiger partial charge in [0, 0.05) is 6.07 Å². The summed E-state index contributed by atoms with van der Waals surface area (Å²) in [5, 5.41) is 9.19. The van der Waals surface area contributed by atoms with Crippen LogP contribution in [-0.2, 0) is 0 Å². The summed E-state index contributed by atoms with van der Waals surface area (Å²) in [6, 6.07) is 1.55. The van der Waals surface area contributed by atoms with Crippen molar-refractivity contribution in [1.29, 1.82) is 0 Å². The molecule has 1 N–H and O–H groups in total. The highest BCUT2D eigenvalue weighted by Gasteiger charge is 2.06. The van der Waals surface area contributed by atoms with Crippen LogP contribution in [0.5, 0.6) is 11.6 Å². The molecule has 0 saturated heterocycles. The molecular formula is C6H5BrINO2. The molecule has 11 heavy (non-hydrogen) atoms. The Morgan fingerprint density at radius 1 is 1.73 bits per heavy atom. The number of halogens is 2. The molecule has 5 heteroatoms. The van der Waals surface area contributed by atoms with Crippen molar-refractivity contribution in [2.45, 2.75) is 0 Å². The molecule has 0 spiro atoms. The van der Waals surface area contributed by atoms with Crippen LogP contribution in [0.3, 0.4) is 0 Å². The van der Waals surface area contributed by atoms with Gasteiger partial charge in [0.05, 0.1) is 11.6 Å². The van der Waals surface area contributed by atoms with Crippen molar-refractivity contribution in [1.82, 2.24) is 4.98 Å². The molecule has 0 unspecified atom stereocenters. The zero-order valence-corrected chi connectivity index (χ0v) is 9.38. The molecule has 1 aromatic rings. The molecule has 0 amide bonds. The maximum atomic E-state index is 9.19. The summed E-state index contributed by atoms with van der Waals surface area (Å²) in [6.07, 6.45) is 0. The first-order valence-corrected chi connectivity index (χ1v) is 4.61. The number of pyridine rings is 1. The molecule has 0 fully saturated rings. The molecule has 60 valence electrons. The third-order valence-electron chi connectivity index (χ3n) is 1.07. The number of rotatable bonds is 1. The molecule has 0 atom stereocenters. The van der Waals surface area contributed by atoms with E-state index < -0.39 is 0 Å². The zero-order chi connectivity index (χ0) is 8.43. The average molecular weight is 330 g/mol. The minimum Gasteiger partial charge on any atom is -0.503 e. The molecule has 0 bridgehead atoms. The minimum absolute atomic E-state index is 0.0415. The van der Waals surface area contributed by atoms with E-state index >= 15 is 0 Å². The van der Waals surface area contributed by atoms with Gasteiger partial charge in [-0.05, 0) is 38.5 Å². The van der Waals surface area contributed by atoms with E-state index in [4.69, 9.17) is 4.74 Å². The molecule has 1 rings (SSSR count). The Bertz CT molecular complexity index is 280. The van der Waals surface area contributed by atoms with Gasteiger partial charge in [-0.15, -0.1) is 0 Å². The van der Waals surface area contributed by atoms with Crippen LogP contribution in [-0.4, -0.2) is 17.2 Å². The molecule has 0 radical (unpaired) electrons. The van der Waals surface area contributed by atoms with Gasteiger partial charge in [0.25, 0.3) is 5.88 Å². The lowest BCUT2D eigenvalue weighted by molar-refractivity contribution is 0.357. The van der Waals surface area contributed by atoms with E-state index in [1.165, 1.54) is 7.11 Å². The Labute approximate surface area is 86.1 Å². The second kappa shape index (κ2) is 3.57. The number of nitrogens with zero attached hydrogens (tertiary/aromatic N) is 1. The number of hydrogen-bond acceptors (Lipinski definition) is 3. The third-order valence-corrected chi connectivity index (χ3v) is 3.24. The third kappa shape index (κ3) is 1.96. The van der Waals surface area contributed by atoms with Gasteiger partial charge in [0.1, 0.15) is 3.70 Å². The van der Waals surface area contributed by atoms with Crippen LogP contribution in [0.15, 0.2) is 10.5 Å². The predicted molar refractivity (Wildman–Crippen MR) is 52.9 cm³/mol. The molecule has 0 aliphatic rings. The van der Waals surface area contributed by atoms with Crippen molar-refractivity contribution in [3.63, 3.8) is 0 Å². The fraction of sp³-hybridized carbons (Fsp3) is 0.167. The van der Waals surface area contributed by atoms with E-state index in [2.05, 4.69) is 20.9 Å². The van der Waals surface area contributed by atoms with Crippen LogP contribution >= 0.6 is 38.5 Å². The molecule has 0 aliphatic heterocycles. The van der Waals surface area contributed by atoms with E-state index in [1.807, 2.05) is 22.6 Å². The van der Waals surface area contributed by atoms with Gasteiger partial charge in [-0.3, -0.25) is 0 Å². The fourth-order valence-electron chi connectivity index (χ4n) is 0.591. The summed E-state index contributed by atoms with van der Waals surface area (Å²) in [5.41, 5.74) is 0. The second-order valence-corrected chi connectivity index (χ2v) is 3.67. The highest BCUT2D eigenvalue weighted by Crippen LogP contribution is 2.29. The van der Waals surface area contributed by atoms with E-state index in [-0.39, 0.29) is 11.6 Å². The van der Waals surface area contributed by atoms with Gasteiger partial charge in [-0.1, -0.05) is 0 Å². The number of hydrogen-bond donors (Lipinski definition) is 1. The van der Waals surface area contributed by atoms with Gasteiger partial charge in [-0.25, -0.2) is 4.98 Å². The smallest absolute Gasteiger partial charge is 0.257 e. The van der Waals surface area contributed by atoms with Crippen molar-refractivity contribution in [2.75, 3.05) is 7.11 Å². The molecule has 0 saturated carbocycles. The topological polar surface area (TPSA) is 42.4 Å². The van der Waals surface area contributed by atoms with Crippen LogP contribution in [0.4, 0.5) is 0 Å². The van der Waals surface area contributed by atoms with Gasteiger partial charge in [0.15, 0.2) is 5.75 Å².